The van der Waals surface area contributed by atoms with E-state index in [1.54, 1.807) is 30.2 Å². The maximum atomic E-state index is 12.1. The zero-order valence-electron chi connectivity index (χ0n) is 11.0. The molecule has 2 aromatic rings. The molecule has 0 aromatic carbocycles. The molecule has 0 aliphatic carbocycles. The van der Waals surface area contributed by atoms with Crippen LogP contribution in [0, 0.1) is 6.92 Å². The van der Waals surface area contributed by atoms with Crippen molar-refractivity contribution in [2.24, 2.45) is 7.05 Å². The van der Waals surface area contributed by atoms with Gasteiger partial charge in [0.2, 0.25) is 0 Å². The predicted octanol–water partition coefficient (Wildman–Crippen LogP) is 1.88. The van der Waals surface area contributed by atoms with Gasteiger partial charge in [-0.2, -0.15) is 5.10 Å². The van der Waals surface area contributed by atoms with Crippen LogP contribution in [0.25, 0.3) is 0 Å². The lowest BCUT2D eigenvalue weighted by atomic mass is 10.3. The molecule has 19 heavy (non-hydrogen) atoms. The largest absolute Gasteiger partial charge is 0.318 e. The average Bonchev–Trinajstić information content (AvgIpc) is 2.74. The molecule has 100 valence electrons. The highest BCUT2D eigenvalue weighted by Gasteiger charge is 2.11. The number of aromatic nitrogens is 4. The minimum atomic E-state index is -0.253. The number of carbonyl (C=O) groups is 1. The molecule has 2 aromatic heterocycles. The standard InChI is InChI=1S/C12H15N5OS/c1-4-19-12-14-8(2)5-10(16-12)11(18)15-9-6-13-17(3)7-9/h5-7H,4H2,1-3H3,(H,15,18). The Balaban J connectivity index is 2.18. The summed E-state index contributed by atoms with van der Waals surface area (Å²) in [5.41, 5.74) is 1.79. The van der Waals surface area contributed by atoms with Crippen LogP contribution in [0.5, 0.6) is 0 Å². The second kappa shape index (κ2) is 5.83. The van der Waals surface area contributed by atoms with E-state index in [0.717, 1.165) is 11.4 Å². The van der Waals surface area contributed by atoms with Crippen LogP contribution in [0.1, 0.15) is 23.1 Å². The molecule has 0 atom stereocenters. The smallest absolute Gasteiger partial charge is 0.274 e. The molecule has 0 saturated heterocycles. The van der Waals surface area contributed by atoms with E-state index in [4.69, 9.17) is 0 Å². The first-order valence-corrected chi connectivity index (χ1v) is 6.85. The first kappa shape index (κ1) is 13.5. The number of anilines is 1. The number of aryl methyl sites for hydroxylation is 2. The van der Waals surface area contributed by atoms with Crippen LogP contribution in [0.15, 0.2) is 23.6 Å². The lowest BCUT2D eigenvalue weighted by Gasteiger charge is -2.05. The maximum absolute atomic E-state index is 12.1. The van der Waals surface area contributed by atoms with E-state index in [1.165, 1.54) is 11.8 Å². The van der Waals surface area contributed by atoms with E-state index in [2.05, 4.69) is 20.4 Å². The Morgan fingerprint density at radius 3 is 2.89 bits per heavy atom. The first-order chi connectivity index (χ1) is 9.08. The predicted molar refractivity (Wildman–Crippen MR) is 74.3 cm³/mol. The van der Waals surface area contributed by atoms with Crippen molar-refractivity contribution in [2.45, 2.75) is 19.0 Å². The van der Waals surface area contributed by atoms with Gasteiger partial charge in [0.15, 0.2) is 5.16 Å². The summed E-state index contributed by atoms with van der Waals surface area (Å²) in [6.45, 7) is 3.87. The Morgan fingerprint density at radius 1 is 1.47 bits per heavy atom. The van der Waals surface area contributed by atoms with E-state index >= 15 is 0 Å². The highest BCUT2D eigenvalue weighted by molar-refractivity contribution is 7.99. The van der Waals surface area contributed by atoms with E-state index in [9.17, 15) is 4.79 Å². The van der Waals surface area contributed by atoms with E-state index in [1.807, 2.05) is 13.8 Å². The van der Waals surface area contributed by atoms with Crippen molar-refractivity contribution < 1.29 is 4.79 Å². The molecule has 7 heteroatoms. The second-order valence-corrected chi connectivity index (χ2v) is 5.20. The summed E-state index contributed by atoms with van der Waals surface area (Å²) in [5, 5.41) is 7.37. The Bertz CT molecular complexity index is 596. The highest BCUT2D eigenvalue weighted by atomic mass is 32.2. The molecule has 0 aliphatic heterocycles. The fraction of sp³-hybridized carbons (Fsp3) is 0.333. The molecule has 0 bridgehead atoms. The van der Waals surface area contributed by atoms with Crippen LogP contribution in [0.4, 0.5) is 5.69 Å². The van der Waals surface area contributed by atoms with Crippen molar-refractivity contribution in [1.82, 2.24) is 19.7 Å². The molecule has 0 aliphatic rings. The fourth-order valence-corrected chi connectivity index (χ4v) is 2.16. The molecule has 0 radical (unpaired) electrons. The Morgan fingerprint density at radius 2 is 2.26 bits per heavy atom. The molecule has 6 nitrogen and oxygen atoms in total. The van der Waals surface area contributed by atoms with Gasteiger partial charge in [-0.3, -0.25) is 9.48 Å². The Labute approximate surface area is 115 Å². The third-order valence-corrected chi connectivity index (χ3v) is 3.03. The van der Waals surface area contributed by atoms with Crippen LogP contribution in [-0.2, 0) is 7.05 Å². The molecular formula is C12H15N5OS. The van der Waals surface area contributed by atoms with Gasteiger partial charge in [-0.05, 0) is 18.7 Å². The summed E-state index contributed by atoms with van der Waals surface area (Å²) in [6.07, 6.45) is 3.32. The van der Waals surface area contributed by atoms with Crippen LogP contribution in [0.3, 0.4) is 0 Å². The highest BCUT2D eigenvalue weighted by Crippen LogP contribution is 2.14. The Kier molecular flexibility index (Phi) is 4.16. The zero-order chi connectivity index (χ0) is 13.8. The van der Waals surface area contributed by atoms with Crippen LogP contribution < -0.4 is 5.32 Å². The van der Waals surface area contributed by atoms with Crippen LogP contribution >= 0.6 is 11.8 Å². The van der Waals surface area contributed by atoms with Crippen molar-refractivity contribution in [2.75, 3.05) is 11.1 Å². The molecular weight excluding hydrogens is 262 g/mol. The second-order valence-electron chi connectivity index (χ2n) is 3.97. The van der Waals surface area contributed by atoms with Crippen LogP contribution in [-0.4, -0.2) is 31.4 Å². The summed E-state index contributed by atoms with van der Waals surface area (Å²) < 4.78 is 1.62. The van der Waals surface area contributed by atoms with Crippen molar-refractivity contribution in [1.29, 1.82) is 0 Å². The molecule has 2 rings (SSSR count). The molecule has 0 fully saturated rings. The first-order valence-electron chi connectivity index (χ1n) is 5.87. The molecule has 0 spiro atoms. The summed E-state index contributed by atoms with van der Waals surface area (Å²) in [4.78, 5) is 20.6. The van der Waals surface area contributed by atoms with Gasteiger partial charge >= 0.3 is 0 Å². The van der Waals surface area contributed by atoms with Gasteiger partial charge in [0.25, 0.3) is 5.91 Å². The number of amides is 1. The Hall–Kier alpha value is -1.89. The maximum Gasteiger partial charge on any atom is 0.274 e. The van der Waals surface area contributed by atoms with E-state index < -0.39 is 0 Å². The number of nitrogens with one attached hydrogen (secondary N) is 1. The fourth-order valence-electron chi connectivity index (χ4n) is 1.53. The van der Waals surface area contributed by atoms with Gasteiger partial charge in [0, 0.05) is 18.9 Å². The topological polar surface area (TPSA) is 72.7 Å². The monoisotopic (exact) mass is 277 g/mol. The summed E-state index contributed by atoms with van der Waals surface area (Å²) >= 11 is 1.51. The minimum absolute atomic E-state index is 0.253. The molecule has 1 N–H and O–H groups in total. The number of carbonyl (C=O) groups excluding carboxylic acids is 1. The van der Waals surface area contributed by atoms with Gasteiger partial charge in [0.05, 0.1) is 11.9 Å². The number of nitrogens with zero attached hydrogens (tertiary/aromatic N) is 4. The van der Waals surface area contributed by atoms with Gasteiger partial charge in [-0.1, -0.05) is 18.7 Å². The average molecular weight is 277 g/mol. The summed E-state index contributed by atoms with van der Waals surface area (Å²) in [7, 11) is 1.79. The van der Waals surface area contributed by atoms with Gasteiger partial charge in [-0.15, -0.1) is 0 Å². The number of rotatable bonds is 4. The van der Waals surface area contributed by atoms with Crippen molar-refractivity contribution in [3.8, 4) is 0 Å². The summed E-state index contributed by atoms with van der Waals surface area (Å²) in [6, 6.07) is 1.67. The zero-order valence-corrected chi connectivity index (χ0v) is 11.9. The minimum Gasteiger partial charge on any atom is -0.318 e. The van der Waals surface area contributed by atoms with Gasteiger partial charge < -0.3 is 5.32 Å². The van der Waals surface area contributed by atoms with Crippen LogP contribution in [0.2, 0.25) is 0 Å². The number of thioether (sulfide) groups is 1. The normalized spacial score (nSPS) is 10.5. The van der Waals surface area contributed by atoms with Gasteiger partial charge in [0.1, 0.15) is 5.69 Å². The number of hydrogen-bond acceptors (Lipinski definition) is 5. The third-order valence-electron chi connectivity index (χ3n) is 2.30. The van der Waals surface area contributed by atoms with Gasteiger partial charge in [-0.25, -0.2) is 9.97 Å². The number of hydrogen-bond donors (Lipinski definition) is 1. The third kappa shape index (κ3) is 3.54. The van der Waals surface area contributed by atoms with E-state index in [0.29, 0.717) is 16.5 Å². The summed E-state index contributed by atoms with van der Waals surface area (Å²) in [5.74, 6) is 0.615. The van der Waals surface area contributed by atoms with Crippen molar-refractivity contribution in [3.05, 3.63) is 29.8 Å². The molecule has 1 amide bonds. The van der Waals surface area contributed by atoms with Crippen molar-refractivity contribution >= 4 is 23.4 Å². The lowest BCUT2D eigenvalue weighted by molar-refractivity contribution is 0.102. The molecule has 0 unspecified atom stereocenters. The molecule has 2 heterocycles. The quantitative estimate of drug-likeness (QED) is 0.682. The SMILES string of the molecule is CCSc1nc(C)cc(C(=O)Nc2cnn(C)c2)n1. The molecule has 0 saturated carbocycles. The lowest BCUT2D eigenvalue weighted by Crippen LogP contribution is -2.14. The van der Waals surface area contributed by atoms with Crippen molar-refractivity contribution in [3.63, 3.8) is 0 Å². The van der Waals surface area contributed by atoms with E-state index in [-0.39, 0.29) is 5.91 Å².